The van der Waals surface area contributed by atoms with E-state index in [1.54, 1.807) is 24.3 Å². The summed E-state index contributed by atoms with van der Waals surface area (Å²) in [6.45, 7) is 2.01. The predicted octanol–water partition coefficient (Wildman–Crippen LogP) is 3.59. The lowest BCUT2D eigenvalue weighted by molar-refractivity contribution is -0.115. The van der Waals surface area contributed by atoms with Gasteiger partial charge in [0.2, 0.25) is 0 Å². The van der Waals surface area contributed by atoms with Crippen LogP contribution in [-0.2, 0) is 4.79 Å². The van der Waals surface area contributed by atoms with Crippen LogP contribution in [0.25, 0.3) is 6.08 Å². The molecule has 5 heteroatoms. The fourth-order valence-electron chi connectivity index (χ4n) is 2.07. The van der Waals surface area contributed by atoms with Gasteiger partial charge in [-0.1, -0.05) is 35.9 Å². The van der Waals surface area contributed by atoms with Gasteiger partial charge >= 0.3 is 0 Å². The first-order valence-corrected chi connectivity index (χ1v) is 7.57. The molecule has 3 rings (SSSR count). The Morgan fingerprint density at radius 2 is 2.00 bits per heavy atom. The Kier molecular flexibility index (Phi) is 3.98. The van der Waals surface area contributed by atoms with Crippen molar-refractivity contribution in [2.45, 2.75) is 6.92 Å². The van der Waals surface area contributed by atoms with E-state index in [4.69, 9.17) is 0 Å². The van der Waals surface area contributed by atoms with E-state index in [1.165, 1.54) is 11.8 Å². The highest BCUT2D eigenvalue weighted by molar-refractivity contribution is 8.18. The van der Waals surface area contributed by atoms with E-state index in [0.717, 1.165) is 11.1 Å². The summed E-state index contributed by atoms with van der Waals surface area (Å²) >= 11 is 1.29. The number of carbonyl (C=O) groups excluding carboxylic acids is 1. The molecule has 0 radical (unpaired) electrons. The summed E-state index contributed by atoms with van der Waals surface area (Å²) in [6.07, 6.45) is 1.85. The Morgan fingerprint density at radius 3 is 2.77 bits per heavy atom. The highest BCUT2D eigenvalue weighted by Gasteiger charge is 2.23. The van der Waals surface area contributed by atoms with Crippen LogP contribution in [-0.4, -0.2) is 16.2 Å². The Bertz CT molecular complexity index is 797. The Balaban J connectivity index is 1.84. The molecule has 110 valence electrons. The van der Waals surface area contributed by atoms with Gasteiger partial charge in [-0.2, -0.15) is 0 Å². The average molecular weight is 310 g/mol. The molecule has 1 aliphatic heterocycles. The van der Waals surface area contributed by atoms with Crippen molar-refractivity contribution in [2.75, 3.05) is 0 Å². The van der Waals surface area contributed by atoms with Gasteiger partial charge in [0.15, 0.2) is 5.17 Å². The molecular weight excluding hydrogens is 296 g/mol. The monoisotopic (exact) mass is 310 g/mol. The number of rotatable bonds is 2. The van der Waals surface area contributed by atoms with Crippen molar-refractivity contribution in [3.05, 3.63) is 64.6 Å². The Morgan fingerprint density at radius 1 is 1.18 bits per heavy atom. The SMILES string of the molecule is Cc1cccc(/C=C2\SC(=Nc3cccc(O)c3)NC2=O)c1. The molecule has 0 atom stereocenters. The maximum atomic E-state index is 12.0. The van der Waals surface area contributed by atoms with Crippen LogP contribution in [0.5, 0.6) is 5.75 Å². The van der Waals surface area contributed by atoms with E-state index in [2.05, 4.69) is 10.3 Å². The van der Waals surface area contributed by atoms with Crippen LogP contribution >= 0.6 is 11.8 Å². The third-order valence-corrected chi connectivity index (χ3v) is 3.96. The molecule has 0 spiro atoms. The lowest BCUT2D eigenvalue weighted by atomic mass is 10.1. The highest BCUT2D eigenvalue weighted by Crippen LogP contribution is 2.28. The number of phenols is 1. The smallest absolute Gasteiger partial charge is 0.264 e. The van der Waals surface area contributed by atoms with E-state index in [0.29, 0.717) is 15.8 Å². The molecule has 1 saturated heterocycles. The van der Waals surface area contributed by atoms with Crippen LogP contribution in [0.1, 0.15) is 11.1 Å². The molecule has 2 N–H and O–H groups in total. The van der Waals surface area contributed by atoms with Crippen molar-refractivity contribution in [1.82, 2.24) is 5.32 Å². The fraction of sp³-hybridized carbons (Fsp3) is 0.0588. The number of aromatic hydroxyl groups is 1. The van der Waals surface area contributed by atoms with E-state index in [9.17, 15) is 9.90 Å². The zero-order chi connectivity index (χ0) is 15.5. The Hall–Kier alpha value is -2.53. The number of aryl methyl sites for hydroxylation is 1. The summed E-state index contributed by atoms with van der Waals surface area (Å²) in [5, 5.41) is 12.7. The highest BCUT2D eigenvalue weighted by atomic mass is 32.2. The van der Waals surface area contributed by atoms with Gasteiger partial charge in [-0.15, -0.1) is 0 Å². The first-order chi connectivity index (χ1) is 10.6. The predicted molar refractivity (Wildman–Crippen MR) is 90.1 cm³/mol. The van der Waals surface area contributed by atoms with Crippen LogP contribution in [0.4, 0.5) is 5.69 Å². The van der Waals surface area contributed by atoms with Crippen molar-refractivity contribution in [3.8, 4) is 5.75 Å². The number of amidine groups is 1. The first-order valence-electron chi connectivity index (χ1n) is 6.75. The van der Waals surface area contributed by atoms with Gasteiger partial charge in [-0.05, 0) is 42.5 Å². The largest absolute Gasteiger partial charge is 0.508 e. The van der Waals surface area contributed by atoms with Gasteiger partial charge < -0.3 is 10.4 Å². The van der Waals surface area contributed by atoms with Crippen LogP contribution in [0.2, 0.25) is 0 Å². The molecule has 1 amide bonds. The van der Waals surface area contributed by atoms with Gasteiger partial charge in [0.25, 0.3) is 5.91 Å². The molecule has 4 nitrogen and oxygen atoms in total. The number of nitrogens with zero attached hydrogens (tertiary/aromatic N) is 1. The normalized spacial score (nSPS) is 18.0. The second-order valence-electron chi connectivity index (χ2n) is 4.92. The maximum Gasteiger partial charge on any atom is 0.264 e. The lowest BCUT2D eigenvalue weighted by Crippen LogP contribution is -2.19. The fourth-order valence-corrected chi connectivity index (χ4v) is 2.91. The number of nitrogens with one attached hydrogen (secondary N) is 1. The molecule has 0 aliphatic carbocycles. The minimum atomic E-state index is -0.162. The number of hydrogen-bond acceptors (Lipinski definition) is 4. The molecule has 22 heavy (non-hydrogen) atoms. The minimum Gasteiger partial charge on any atom is -0.508 e. The van der Waals surface area contributed by atoms with Crippen molar-refractivity contribution >= 4 is 34.6 Å². The van der Waals surface area contributed by atoms with Crippen LogP contribution < -0.4 is 5.32 Å². The van der Waals surface area contributed by atoms with Gasteiger partial charge in [0.05, 0.1) is 10.6 Å². The molecule has 2 aromatic carbocycles. The number of thioether (sulfide) groups is 1. The molecule has 1 aliphatic rings. The summed E-state index contributed by atoms with van der Waals surface area (Å²) in [5.74, 6) is -0.0166. The summed E-state index contributed by atoms with van der Waals surface area (Å²) < 4.78 is 0. The van der Waals surface area contributed by atoms with E-state index < -0.39 is 0 Å². The van der Waals surface area contributed by atoms with Gasteiger partial charge in [-0.25, -0.2) is 4.99 Å². The quantitative estimate of drug-likeness (QED) is 0.833. The molecule has 1 heterocycles. The average Bonchev–Trinajstić information content (AvgIpc) is 2.79. The number of hydrogen-bond donors (Lipinski definition) is 2. The van der Waals surface area contributed by atoms with E-state index >= 15 is 0 Å². The van der Waals surface area contributed by atoms with Gasteiger partial charge in [0, 0.05) is 6.07 Å². The molecule has 0 aromatic heterocycles. The van der Waals surface area contributed by atoms with Gasteiger partial charge in [0.1, 0.15) is 5.75 Å². The summed E-state index contributed by atoms with van der Waals surface area (Å²) in [4.78, 5) is 16.9. The van der Waals surface area contributed by atoms with Gasteiger partial charge in [-0.3, -0.25) is 4.79 Å². The van der Waals surface area contributed by atoms with E-state index in [1.807, 2.05) is 37.3 Å². The third-order valence-electron chi connectivity index (χ3n) is 3.05. The number of aliphatic imine (C=N–C) groups is 1. The molecule has 0 unspecified atom stereocenters. The summed E-state index contributed by atoms with van der Waals surface area (Å²) in [6, 6.07) is 14.5. The summed E-state index contributed by atoms with van der Waals surface area (Å²) in [5.41, 5.74) is 2.72. The minimum absolute atomic E-state index is 0.145. The maximum absolute atomic E-state index is 12.0. The van der Waals surface area contributed by atoms with Crippen molar-refractivity contribution in [3.63, 3.8) is 0 Å². The van der Waals surface area contributed by atoms with Crippen molar-refractivity contribution in [1.29, 1.82) is 0 Å². The number of benzene rings is 2. The van der Waals surface area contributed by atoms with Crippen LogP contribution in [0, 0.1) is 6.92 Å². The molecule has 0 bridgehead atoms. The molecule has 0 saturated carbocycles. The summed E-state index contributed by atoms with van der Waals surface area (Å²) in [7, 11) is 0. The first kappa shape index (κ1) is 14.4. The van der Waals surface area contributed by atoms with E-state index in [-0.39, 0.29) is 11.7 Å². The van der Waals surface area contributed by atoms with Crippen molar-refractivity contribution in [2.24, 2.45) is 4.99 Å². The van der Waals surface area contributed by atoms with Crippen molar-refractivity contribution < 1.29 is 9.90 Å². The zero-order valence-electron chi connectivity index (χ0n) is 11.9. The second kappa shape index (κ2) is 6.07. The molecular formula is C17H14N2O2S. The number of phenolic OH excluding ortho intramolecular Hbond substituents is 1. The van der Waals surface area contributed by atoms with Crippen LogP contribution in [0.3, 0.4) is 0 Å². The topological polar surface area (TPSA) is 61.7 Å². The van der Waals surface area contributed by atoms with Crippen LogP contribution in [0.15, 0.2) is 58.4 Å². The molecule has 1 fully saturated rings. The number of carbonyl (C=O) groups is 1. The third kappa shape index (κ3) is 3.38. The zero-order valence-corrected chi connectivity index (χ0v) is 12.7. The standard InChI is InChI=1S/C17H14N2O2S/c1-11-4-2-5-12(8-11)9-15-16(21)19-17(22-15)18-13-6-3-7-14(20)10-13/h2-10,20H,1H3,(H,18,19,21)/b15-9-. The lowest BCUT2D eigenvalue weighted by Gasteiger charge is -1.97. The second-order valence-corrected chi connectivity index (χ2v) is 5.95. The molecule has 2 aromatic rings. The number of amides is 1. The Labute approximate surface area is 132 Å².